The second kappa shape index (κ2) is 10.8. The Morgan fingerprint density at radius 2 is 1.73 bits per heavy atom. The van der Waals surface area contributed by atoms with Gasteiger partial charge in [-0.15, -0.1) is 0 Å². The molecule has 0 aliphatic heterocycles. The number of nitrogens with zero attached hydrogens (tertiary/aromatic N) is 1. The number of ketones is 1. The molecule has 3 aromatic rings. The quantitative estimate of drug-likeness (QED) is 0.361. The highest BCUT2D eigenvalue weighted by molar-refractivity contribution is 6.30. The minimum Gasteiger partial charge on any atom is -0.457 e. The Bertz CT molecular complexity index is 1140. The minimum atomic E-state index is -0.773. The lowest BCUT2D eigenvalue weighted by Crippen LogP contribution is -2.34. The number of amides is 2. The van der Waals surface area contributed by atoms with Gasteiger partial charge in [0.2, 0.25) is 5.78 Å². The fraction of sp³-hybridized carbons (Fsp3) is 0.240. The number of urea groups is 1. The highest BCUT2D eigenvalue weighted by Crippen LogP contribution is 2.21. The Morgan fingerprint density at radius 3 is 2.36 bits per heavy atom. The fourth-order valence-corrected chi connectivity index (χ4v) is 3.79. The smallest absolute Gasteiger partial charge is 0.312 e. The Hall–Kier alpha value is -3.58. The second-order valence-electron chi connectivity index (χ2n) is 7.76. The van der Waals surface area contributed by atoms with Gasteiger partial charge in [0.25, 0.3) is 0 Å². The maximum absolute atomic E-state index is 12.8. The Labute approximate surface area is 197 Å². The Balaban J connectivity index is 1.63. The highest BCUT2D eigenvalue weighted by atomic mass is 35.5. The first-order valence-electron chi connectivity index (χ1n) is 10.5. The number of carbonyl (C=O) groups is 3. The van der Waals surface area contributed by atoms with Crippen LogP contribution in [0.1, 0.15) is 45.3 Å². The van der Waals surface area contributed by atoms with Gasteiger partial charge in [-0.1, -0.05) is 54.1 Å². The second-order valence-corrected chi connectivity index (χ2v) is 8.19. The molecule has 8 heteroatoms. The molecular formula is C25H26ClN3O4. The highest BCUT2D eigenvalue weighted by Gasteiger charge is 2.21. The number of halogens is 1. The average Bonchev–Trinajstić information content (AvgIpc) is 3.06. The molecule has 2 amide bonds. The number of aryl methyl sites for hydroxylation is 1. The third-order valence-corrected chi connectivity index (χ3v) is 5.63. The van der Waals surface area contributed by atoms with Gasteiger partial charge < -0.3 is 20.4 Å². The molecule has 0 bridgehead atoms. The molecule has 33 heavy (non-hydrogen) atoms. The number of carbonyl (C=O) groups excluding carboxylic acids is 3. The number of aromatic nitrogens is 1. The number of hydrogen-bond donors (Lipinski definition) is 2. The minimum absolute atomic E-state index is 0.176. The third kappa shape index (κ3) is 6.46. The van der Waals surface area contributed by atoms with Crippen LogP contribution in [0.4, 0.5) is 4.79 Å². The molecule has 1 heterocycles. The summed E-state index contributed by atoms with van der Waals surface area (Å²) < 4.78 is 7.28. The summed E-state index contributed by atoms with van der Waals surface area (Å²) in [7, 11) is 0. The number of Topliss-reactive ketones (excluding diaryl/α,β-unsaturated/α-hetero) is 1. The van der Waals surface area contributed by atoms with Crippen LogP contribution in [-0.2, 0) is 16.1 Å². The first kappa shape index (κ1) is 24.1. The predicted molar refractivity (Wildman–Crippen MR) is 126 cm³/mol. The Morgan fingerprint density at radius 1 is 1.06 bits per heavy atom. The van der Waals surface area contributed by atoms with Crippen LogP contribution in [0, 0.1) is 13.8 Å². The third-order valence-electron chi connectivity index (χ3n) is 5.38. The summed E-state index contributed by atoms with van der Waals surface area (Å²) in [6, 6.07) is 16.9. The van der Waals surface area contributed by atoms with Crippen LogP contribution in [-0.4, -0.2) is 29.0 Å². The topological polar surface area (TPSA) is 103 Å². The van der Waals surface area contributed by atoms with Crippen LogP contribution < -0.4 is 11.1 Å². The summed E-state index contributed by atoms with van der Waals surface area (Å²) in [4.78, 5) is 36.5. The summed E-state index contributed by atoms with van der Waals surface area (Å²) >= 11 is 5.90. The molecule has 0 aliphatic rings. The molecule has 3 rings (SSSR count). The van der Waals surface area contributed by atoms with Crippen molar-refractivity contribution in [3.05, 3.63) is 93.8 Å². The molecule has 0 aliphatic carbocycles. The molecule has 1 atom stereocenters. The van der Waals surface area contributed by atoms with Gasteiger partial charge in [-0.05, 0) is 43.2 Å². The van der Waals surface area contributed by atoms with Crippen LogP contribution in [0.25, 0.3) is 0 Å². The lowest BCUT2D eigenvalue weighted by atomic mass is 10.0. The molecule has 0 radical (unpaired) electrons. The van der Waals surface area contributed by atoms with Gasteiger partial charge in [0, 0.05) is 28.5 Å². The lowest BCUT2D eigenvalue weighted by molar-refractivity contribution is -0.143. The van der Waals surface area contributed by atoms with E-state index < -0.39 is 24.6 Å². The summed E-state index contributed by atoms with van der Waals surface area (Å²) in [5.74, 6) is -0.920. The van der Waals surface area contributed by atoms with Gasteiger partial charge in [-0.3, -0.25) is 9.59 Å². The van der Waals surface area contributed by atoms with Crippen molar-refractivity contribution in [2.75, 3.05) is 6.61 Å². The SMILES string of the molecule is Cc1cc(C(=O)COC(=O)CC(NC(N)=O)c2ccc(Cl)cc2)c(C)n1Cc1ccccc1. The normalized spacial score (nSPS) is 11.6. The number of ether oxygens (including phenoxy) is 1. The standard InChI is InChI=1S/C25H26ClN3O4/c1-16-12-21(17(2)29(16)14-18-6-4-3-5-7-18)23(30)15-33-24(31)13-22(28-25(27)32)19-8-10-20(26)11-9-19/h3-12,22H,13-15H2,1-2H3,(H3,27,28,32). The fourth-order valence-electron chi connectivity index (χ4n) is 3.66. The number of esters is 1. The van der Waals surface area contributed by atoms with Crippen LogP contribution in [0.15, 0.2) is 60.7 Å². The number of nitrogens with two attached hydrogens (primary N) is 1. The van der Waals surface area contributed by atoms with Gasteiger partial charge in [0.1, 0.15) is 0 Å². The van der Waals surface area contributed by atoms with Crippen molar-refractivity contribution in [1.29, 1.82) is 0 Å². The van der Waals surface area contributed by atoms with Crippen LogP contribution in [0.5, 0.6) is 0 Å². The molecule has 3 N–H and O–H groups in total. The zero-order chi connectivity index (χ0) is 24.0. The maximum atomic E-state index is 12.8. The van der Waals surface area contributed by atoms with E-state index in [4.69, 9.17) is 22.1 Å². The number of nitrogens with one attached hydrogen (secondary N) is 1. The van der Waals surface area contributed by atoms with Crippen molar-refractivity contribution in [2.24, 2.45) is 5.73 Å². The van der Waals surface area contributed by atoms with E-state index in [1.807, 2.05) is 44.2 Å². The molecule has 172 valence electrons. The van der Waals surface area contributed by atoms with E-state index in [1.165, 1.54) is 0 Å². The summed E-state index contributed by atoms with van der Waals surface area (Å²) in [6.07, 6.45) is -0.176. The number of benzene rings is 2. The van der Waals surface area contributed by atoms with Crippen molar-refractivity contribution in [1.82, 2.24) is 9.88 Å². The van der Waals surface area contributed by atoms with E-state index in [1.54, 1.807) is 30.3 Å². The molecule has 2 aromatic carbocycles. The van der Waals surface area contributed by atoms with Gasteiger partial charge in [-0.2, -0.15) is 0 Å². The van der Waals surface area contributed by atoms with E-state index in [2.05, 4.69) is 9.88 Å². The maximum Gasteiger partial charge on any atom is 0.312 e. The molecule has 1 unspecified atom stereocenters. The molecule has 0 saturated heterocycles. The molecule has 0 fully saturated rings. The van der Waals surface area contributed by atoms with E-state index in [-0.39, 0.29) is 12.2 Å². The Kier molecular flexibility index (Phi) is 7.90. The molecule has 1 aromatic heterocycles. The first-order valence-corrected chi connectivity index (χ1v) is 10.8. The van der Waals surface area contributed by atoms with Crippen LogP contribution >= 0.6 is 11.6 Å². The van der Waals surface area contributed by atoms with Crippen molar-refractivity contribution >= 4 is 29.4 Å². The van der Waals surface area contributed by atoms with Gasteiger partial charge in [0.05, 0.1) is 12.5 Å². The zero-order valence-corrected chi connectivity index (χ0v) is 19.3. The first-order chi connectivity index (χ1) is 15.7. The van der Waals surface area contributed by atoms with E-state index in [9.17, 15) is 14.4 Å². The van der Waals surface area contributed by atoms with Crippen LogP contribution in [0.2, 0.25) is 5.02 Å². The molecule has 7 nitrogen and oxygen atoms in total. The van der Waals surface area contributed by atoms with Gasteiger partial charge in [-0.25, -0.2) is 4.79 Å². The molecule has 0 spiro atoms. The summed E-state index contributed by atoms with van der Waals surface area (Å²) in [5.41, 5.74) is 9.28. The number of primary amides is 1. The van der Waals surface area contributed by atoms with Crippen molar-refractivity contribution in [2.45, 2.75) is 32.9 Å². The number of hydrogen-bond acceptors (Lipinski definition) is 4. The molecule has 0 saturated carbocycles. The van der Waals surface area contributed by atoms with Crippen LogP contribution in [0.3, 0.4) is 0 Å². The van der Waals surface area contributed by atoms with Crippen molar-refractivity contribution in [3.8, 4) is 0 Å². The largest absolute Gasteiger partial charge is 0.457 e. The monoisotopic (exact) mass is 467 g/mol. The van der Waals surface area contributed by atoms with E-state index >= 15 is 0 Å². The van der Waals surface area contributed by atoms with Gasteiger partial charge in [0.15, 0.2) is 6.61 Å². The van der Waals surface area contributed by atoms with Crippen molar-refractivity contribution < 1.29 is 19.1 Å². The lowest BCUT2D eigenvalue weighted by Gasteiger charge is -2.17. The van der Waals surface area contributed by atoms with E-state index in [0.717, 1.165) is 17.0 Å². The van der Waals surface area contributed by atoms with Crippen molar-refractivity contribution in [3.63, 3.8) is 0 Å². The average molecular weight is 468 g/mol. The van der Waals surface area contributed by atoms with Gasteiger partial charge >= 0.3 is 12.0 Å². The summed E-state index contributed by atoms with van der Waals surface area (Å²) in [6.45, 7) is 4.06. The molecular weight excluding hydrogens is 442 g/mol. The zero-order valence-electron chi connectivity index (χ0n) is 18.5. The summed E-state index contributed by atoms with van der Waals surface area (Å²) in [5, 5.41) is 3.04. The van der Waals surface area contributed by atoms with E-state index in [0.29, 0.717) is 22.7 Å². The predicted octanol–water partition coefficient (Wildman–Crippen LogP) is 4.33. The number of rotatable bonds is 9.